The summed E-state index contributed by atoms with van der Waals surface area (Å²) in [6.45, 7) is 3.62. The van der Waals surface area contributed by atoms with E-state index in [0.717, 1.165) is 23.8 Å². The van der Waals surface area contributed by atoms with E-state index in [1.165, 1.54) is 11.1 Å². The number of aromatic nitrogens is 2. The summed E-state index contributed by atoms with van der Waals surface area (Å²) in [5.41, 5.74) is 3.52. The summed E-state index contributed by atoms with van der Waals surface area (Å²) in [4.78, 5) is 0. The molecule has 0 aliphatic heterocycles. The summed E-state index contributed by atoms with van der Waals surface area (Å²) < 4.78 is 1.92. The fourth-order valence-electron chi connectivity index (χ4n) is 1.80. The maximum Gasteiger partial charge on any atom is 0.0815 e. The van der Waals surface area contributed by atoms with Crippen LogP contribution in [-0.4, -0.2) is 16.8 Å². The van der Waals surface area contributed by atoms with Crippen LogP contribution in [0.5, 0.6) is 0 Å². The van der Waals surface area contributed by atoms with E-state index in [9.17, 15) is 0 Å². The second-order valence-corrected chi connectivity index (χ2v) is 4.49. The van der Waals surface area contributed by atoms with Crippen molar-refractivity contribution in [2.45, 2.75) is 20.0 Å². The monoisotopic (exact) mass is 249 g/mol. The predicted molar refractivity (Wildman–Crippen MR) is 70.3 cm³/mol. The van der Waals surface area contributed by atoms with E-state index >= 15 is 0 Å². The Kier molecular flexibility index (Phi) is 3.82. The number of hydrogen-bond donors (Lipinski definition) is 1. The molecule has 17 heavy (non-hydrogen) atoms. The number of rotatable bonds is 4. The van der Waals surface area contributed by atoms with Crippen molar-refractivity contribution in [3.05, 3.63) is 52.3 Å². The molecule has 2 rings (SSSR count). The van der Waals surface area contributed by atoms with E-state index in [2.05, 4.69) is 34.7 Å². The van der Waals surface area contributed by atoms with Crippen LogP contribution < -0.4 is 5.32 Å². The van der Waals surface area contributed by atoms with Gasteiger partial charge in [0.2, 0.25) is 0 Å². The first-order chi connectivity index (χ1) is 8.20. The van der Waals surface area contributed by atoms with Gasteiger partial charge in [-0.2, -0.15) is 5.10 Å². The Labute approximate surface area is 106 Å². The number of halogens is 1. The van der Waals surface area contributed by atoms with Crippen molar-refractivity contribution in [2.24, 2.45) is 0 Å². The van der Waals surface area contributed by atoms with Gasteiger partial charge < -0.3 is 5.32 Å². The van der Waals surface area contributed by atoms with Crippen LogP contribution in [0.15, 0.2) is 30.5 Å². The third-order valence-electron chi connectivity index (χ3n) is 2.75. The third kappa shape index (κ3) is 2.87. The third-order valence-corrected chi connectivity index (χ3v) is 3.12. The molecule has 0 fully saturated rings. The molecule has 1 heterocycles. The van der Waals surface area contributed by atoms with Crippen LogP contribution in [0.2, 0.25) is 5.02 Å². The summed E-state index contributed by atoms with van der Waals surface area (Å²) in [6.07, 6.45) is 1.69. The Balaban J connectivity index is 2.18. The zero-order valence-corrected chi connectivity index (χ0v) is 10.8. The normalized spacial score (nSPS) is 10.8. The Morgan fingerprint density at radius 3 is 2.76 bits per heavy atom. The summed E-state index contributed by atoms with van der Waals surface area (Å²) in [5, 5.41) is 8.12. The summed E-state index contributed by atoms with van der Waals surface area (Å²) in [5.74, 6) is 0. The summed E-state index contributed by atoms with van der Waals surface area (Å²) in [7, 11) is 1.95. The topological polar surface area (TPSA) is 29.9 Å². The average molecular weight is 250 g/mol. The first-order valence-corrected chi connectivity index (χ1v) is 5.99. The van der Waals surface area contributed by atoms with Gasteiger partial charge in [-0.05, 0) is 25.1 Å². The van der Waals surface area contributed by atoms with Crippen LogP contribution in [0.3, 0.4) is 0 Å². The molecule has 0 amide bonds. The van der Waals surface area contributed by atoms with Crippen molar-refractivity contribution in [2.75, 3.05) is 7.05 Å². The van der Waals surface area contributed by atoms with Gasteiger partial charge in [0.25, 0.3) is 0 Å². The van der Waals surface area contributed by atoms with Crippen molar-refractivity contribution >= 4 is 11.6 Å². The van der Waals surface area contributed by atoms with Crippen LogP contribution in [0.25, 0.3) is 0 Å². The average Bonchev–Trinajstić information content (AvgIpc) is 2.62. The molecule has 0 atom stereocenters. The zero-order valence-electron chi connectivity index (χ0n) is 10.1. The van der Waals surface area contributed by atoms with Gasteiger partial charge in [0.15, 0.2) is 0 Å². The van der Waals surface area contributed by atoms with Gasteiger partial charge in [0, 0.05) is 6.54 Å². The Hall–Kier alpha value is -1.32. The van der Waals surface area contributed by atoms with Gasteiger partial charge in [0.05, 0.1) is 23.5 Å². The minimum atomic E-state index is 0.719. The van der Waals surface area contributed by atoms with Crippen LogP contribution in [0, 0.1) is 6.92 Å². The van der Waals surface area contributed by atoms with Gasteiger partial charge >= 0.3 is 0 Å². The van der Waals surface area contributed by atoms with E-state index in [1.807, 2.05) is 18.7 Å². The maximum atomic E-state index is 5.98. The number of hydrogen-bond acceptors (Lipinski definition) is 2. The van der Waals surface area contributed by atoms with Gasteiger partial charge in [-0.3, -0.25) is 4.68 Å². The second-order valence-electron chi connectivity index (χ2n) is 4.09. The summed E-state index contributed by atoms with van der Waals surface area (Å²) in [6, 6.07) is 8.48. The minimum Gasteiger partial charge on any atom is -0.316 e. The molecule has 0 bridgehead atoms. The van der Waals surface area contributed by atoms with Crippen LogP contribution in [0.4, 0.5) is 0 Å². The van der Waals surface area contributed by atoms with Crippen LogP contribution >= 0.6 is 11.6 Å². The molecule has 0 saturated heterocycles. The van der Waals surface area contributed by atoms with E-state index in [4.69, 9.17) is 11.6 Å². The van der Waals surface area contributed by atoms with Crippen molar-refractivity contribution in [3.8, 4) is 0 Å². The molecule has 3 nitrogen and oxygen atoms in total. The van der Waals surface area contributed by atoms with Crippen molar-refractivity contribution < 1.29 is 0 Å². The number of nitrogens with one attached hydrogen (secondary N) is 1. The molecule has 1 aromatic carbocycles. The molecule has 0 saturated carbocycles. The quantitative estimate of drug-likeness (QED) is 0.903. The molecular weight excluding hydrogens is 234 g/mol. The molecule has 0 unspecified atom stereocenters. The standard InChI is InChI=1S/C13H16ClN3/c1-10-13(14)8-16-17(10)9-12-5-3-4-11(6-12)7-15-2/h3-6,8,15H,7,9H2,1-2H3. The second kappa shape index (κ2) is 5.34. The molecule has 0 aliphatic rings. The molecule has 2 aromatic rings. The van der Waals surface area contributed by atoms with E-state index in [0.29, 0.717) is 0 Å². The van der Waals surface area contributed by atoms with E-state index in [1.54, 1.807) is 6.20 Å². The lowest BCUT2D eigenvalue weighted by Crippen LogP contribution is -2.07. The lowest BCUT2D eigenvalue weighted by atomic mass is 10.1. The highest BCUT2D eigenvalue weighted by Gasteiger charge is 2.04. The highest BCUT2D eigenvalue weighted by molar-refractivity contribution is 6.31. The zero-order chi connectivity index (χ0) is 12.3. The van der Waals surface area contributed by atoms with Gasteiger partial charge in [0.1, 0.15) is 0 Å². The highest BCUT2D eigenvalue weighted by Crippen LogP contribution is 2.15. The lowest BCUT2D eigenvalue weighted by molar-refractivity contribution is 0.664. The molecule has 0 aliphatic carbocycles. The van der Waals surface area contributed by atoms with Crippen molar-refractivity contribution in [1.82, 2.24) is 15.1 Å². The number of nitrogens with zero attached hydrogens (tertiary/aromatic N) is 2. The SMILES string of the molecule is CNCc1cccc(Cn2ncc(Cl)c2C)c1. The number of benzene rings is 1. The van der Waals surface area contributed by atoms with Gasteiger partial charge in [-0.1, -0.05) is 35.9 Å². The Morgan fingerprint density at radius 2 is 2.12 bits per heavy atom. The fraction of sp³-hybridized carbons (Fsp3) is 0.308. The van der Waals surface area contributed by atoms with E-state index < -0.39 is 0 Å². The highest BCUT2D eigenvalue weighted by atomic mass is 35.5. The fourth-order valence-corrected chi connectivity index (χ4v) is 1.94. The molecule has 0 spiro atoms. The smallest absolute Gasteiger partial charge is 0.0815 e. The Bertz CT molecular complexity index is 505. The molecule has 0 radical (unpaired) electrons. The maximum absolute atomic E-state index is 5.98. The molecule has 1 aromatic heterocycles. The Morgan fingerprint density at radius 1 is 1.35 bits per heavy atom. The largest absolute Gasteiger partial charge is 0.316 e. The first-order valence-electron chi connectivity index (χ1n) is 5.61. The molecule has 1 N–H and O–H groups in total. The molecule has 4 heteroatoms. The molecular formula is C13H16ClN3. The van der Waals surface area contributed by atoms with Gasteiger partial charge in [-0.25, -0.2) is 0 Å². The minimum absolute atomic E-state index is 0.719. The lowest BCUT2D eigenvalue weighted by Gasteiger charge is -2.07. The first kappa shape index (κ1) is 12.1. The van der Waals surface area contributed by atoms with Crippen LogP contribution in [-0.2, 0) is 13.1 Å². The summed E-state index contributed by atoms with van der Waals surface area (Å²) >= 11 is 5.98. The van der Waals surface area contributed by atoms with Crippen molar-refractivity contribution in [1.29, 1.82) is 0 Å². The predicted octanol–water partition coefficient (Wildman–Crippen LogP) is 2.61. The van der Waals surface area contributed by atoms with Crippen LogP contribution in [0.1, 0.15) is 16.8 Å². The van der Waals surface area contributed by atoms with Gasteiger partial charge in [-0.15, -0.1) is 0 Å². The molecule has 90 valence electrons. The van der Waals surface area contributed by atoms with E-state index in [-0.39, 0.29) is 0 Å². The van der Waals surface area contributed by atoms with Crippen molar-refractivity contribution in [3.63, 3.8) is 0 Å².